The summed E-state index contributed by atoms with van der Waals surface area (Å²) < 4.78 is 5.97. The molecule has 5 heteroatoms. The maximum Gasteiger partial charge on any atom is 0.240 e. The van der Waals surface area contributed by atoms with E-state index in [2.05, 4.69) is 32.2 Å². The van der Waals surface area contributed by atoms with Crippen molar-refractivity contribution in [3.63, 3.8) is 0 Å². The molecule has 152 valence electrons. The lowest BCUT2D eigenvalue weighted by molar-refractivity contribution is -0.128. The second-order valence-corrected chi connectivity index (χ2v) is 9.30. The number of nitrogens with zero attached hydrogens (tertiary/aromatic N) is 1. The molecule has 0 saturated heterocycles. The fourth-order valence-corrected chi connectivity index (χ4v) is 4.03. The molecule has 2 aromatic rings. The summed E-state index contributed by atoms with van der Waals surface area (Å²) in [4.78, 5) is 27.7. The third kappa shape index (κ3) is 3.86. The first-order valence-electron chi connectivity index (χ1n) is 10.2. The molecule has 0 radical (unpaired) electrons. The van der Waals surface area contributed by atoms with E-state index in [0.717, 1.165) is 23.4 Å². The van der Waals surface area contributed by atoms with Gasteiger partial charge in [0.2, 0.25) is 11.8 Å². The van der Waals surface area contributed by atoms with Gasteiger partial charge < -0.3 is 15.0 Å². The van der Waals surface area contributed by atoms with Gasteiger partial charge in [0.25, 0.3) is 0 Å². The van der Waals surface area contributed by atoms with E-state index in [1.807, 2.05) is 48.5 Å². The van der Waals surface area contributed by atoms with Crippen LogP contribution < -0.4 is 15.0 Å². The van der Waals surface area contributed by atoms with Crippen molar-refractivity contribution in [2.75, 3.05) is 24.6 Å². The highest BCUT2D eigenvalue weighted by Gasteiger charge is 2.66. The molecular weight excluding hydrogens is 364 g/mol. The Morgan fingerprint density at radius 3 is 2.55 bits per heavy atom. The number of para-hydroxylation sites is 2. The number of anilines is 1. The van der Waals surface area contributed by atoms with Gasteiger partial charge in [-0.2, -0.15) is 0 Å². The van der Waals surface area contributed by atoms with Crippen molar-refractivity contribution >= 4 is 17.5 Å². The third-order valence-corrected chi connectivity index (χ3v) is 5.71. The zero-order valence-corrected chi connectivity index (χ0v) is 17.3. The summed E-state index contributed by atoms with van der Waals surface area (Å²) in [6.07, 6.45) is 0.760. The highest BCUT2D eigenvalue weighted by Crippen LogP contribution is 2.65. The molecule has 29 heavy (non-hydrogen) atoms. The highest BCUT2D eigenvalue weighted by molar-refractivity contribution is 6.07. The van der Waals surface area contributed by atoms with E-state index in [1.54, 1.807) is 4.90 Å². The minimum atomic E-state index is -0.575. The Hall–Kier alpha value is -2.82. The topological polar surface area (TPSA) is 58.6 Å². The van der Waals surface area contributed by atoms with Crippen molar-refractivity contribution in [1.29, 1.82) is 0 Å². The molecule has 2 aromatic carbocycles. The summed E-state index contributed by atoms with van der Waals surface area (Å²) in [5, 5.41) is 2.96. The molecule has 2 aliphatic rings. The van der Waals surface area contributed by atoms with Gasteiger partial charge in [0.15, 0.2) is 0 Å². The van der Waals surface area contributed by atoms with E-state index in [1.165, 1.54) is 0 Å². The van der Waals surface area contributed by atoms with Crippen LogP contribution in [-0.4, -0.2) is 31.5 Å². The van der Waals surface area contributed by atoms with Gasteiger partial charge in [-0.05, 0) is 35.6 Å². The zero-order chi connectivity index (χ0) is 20.6. The maximum atomic E-state index is 13.5. The van der Waals surface area contributed by atoms with Gasteiger partial charge in [-0.3, -0.25) is 9.59 Å². The molecule has 2 amide bonds. The normalized spacial score (nSPS) is 22.5. The third-order valence-electron chi connectivity index (χ3n) is 5.71. The molecule has 0 unspecified atom stereocenters. The van der Waals surface area contributed by atoms with Gasteiger partial charge >= 0.3 is 0 Å². The number of carbonyl (C=O) groups is 2. The van der Waals surface area contributed by atoms with Crippen molar-refractivity contribution in [3.8, 4) is 5.75 Å². The first-order chi connectivity index (χ1) is 13.8. The van der Waals surface area contributed by atoms with E-state index < -0.39 is 5.41 Å². The quantitative estimate of drug-likeness (QED) is 0.815. The van der Waals surface area contributed by atoms with E-state index in [9.17, 15) is 9.59 Å². The Balaban J connectivity index is 1.54. The first kappa shape index (κ1) is 19.5. The summed E-state index contributed by atoms with van der Waals surface area (Å²) in [5.74, 6) is 0.766. The first-order valence-corrected chi connectivity index (χ1v) is 10.2. The van der Waals surface area contributed by atoms with Crippen molar-refractivity contribution < 1.29 is 14.3 Å². The van der Waals surface area contributed by atoms with Gasteiger partial charge in [-0.15, -0.1) is 0 Å². The Morgan fingerprint density at radius 1 is 1.14 bits per heavy atom. The molecule has 1 heterocycles. The van der Waals surface area contributed by atoms with Crippen molar-refractivity contribution in [3.05, 3.63) is 60.2 Å². The summed E-state index contributed by atoms with van der Waals surface area (Å²) in [6.45, 7) is 7.14. The number of amides is 2. The number of nitrogens with one attached hydrogen (secondary N) is 1. The van der Waals surface area contributed by atoms with Crippen LogP contribution in [0.15, 0.2) is 54.6 Å². The standard InChI is InChI=1S/C24H28N2O3/c1-23(2,3)15-25-21(27)14-26-20-12-8-7-11-18(20)19-13-24(19,22(26)28)16-29-17-9-5-4-6-10-17/h4-12,19H,13-16H2,1-3H3,(H,25,27)/t19-,24+/m0/s1. The van der Waals surface area contributed by atoms with E-state index in [4.69, 9.17) is 4.74 Å². The number of fused-ring (bicyclic) bond motifs is 3. The Labute approximate surface area is 172 Å². The highest BCUT2D eigenvalue weighted by atomic mass is 16.5. The minimum absolute atomic E-state index is 0.00813. The molecule has 0 aromatic heterocycles. The van der Waals surface area contributed by atoms with Gasteiger partial charge in [0.05, 0.1) is 5.41 Å². The smallest absolute Gasteiger partial charge is 0.240 e. The molecular formula is C24H28N2O3. The number of ether oxygens (including phenoxy) is 1. The molecule has 1 aliphatic heterocycles. The summed E-state index contributed by atoms with van der Waals surface area (Å²) >= 11 is 0. The van der Waals surface area contributed by atoms with Crippen LogP contribution in [-0.2, 0) is 9.59 Å². The van der Waals surface area contributed by atoms with E-state index in [-0.39, 0.29) is 29.7 Å². The van der Waals surface area contributed by atoms with Crippen LogP contribution in [0.2, 0.25) is 0 Å². The monoisotopic (exact) mass is 392 g/mol. The maximum absolute atomic E-state index is 13.5. The number of carbonyl (C=O) groups excluding carboxylic acids is 2. The predicted molar refractivity (Wildman–Crippen MR) is 113 cm³/mol. The lowest BCUT2D eigenvalue weighted by Crippen LogP contribution is -2.49. The van der Waals surface area contributed by atoms with Crippen LogP contribution in [0.1, 0.15) is 38.7 Å². The number of benzene rings is 2. The van der Waals surface area contributed by atoms with Crippen LogP contribution >= 0.6 is 0 Å². The number of rotatable bonds is 6. The fraction of sp³-hybridized carbons (Fsp3) is 0.417. The van der Waals surface area contributed by atoms with E-state index >= 15 is 0 Å². The van der Waals surface area contributed by atoms with E-state index in [0.29, 0.717) is 13.2 Å². The largest absolute Gasteiger partial charge is 0.492 e. The zero-order valence-electron chi connectivity index (χ0n) is 17.3. The molecule has 0 bridgehead atoms. The van der Waals surface area contributed by atoms with Gasteiger partial charge in [-0.1, -0.05) is 57.2 Å². The SMILES string of the molecule is CC(C)(C)CNC(=O)CN1C(=O)[C@@]2(COc3ccccc3)C[C@H]2c2ccccc21. The average Bonchev–Trinajstić information content (AvgIpc) is 3.45. The Kier molecular flexibility index (Phi) is 4.85. The Bertz CT molecular complexity index is 919. The number of hydrogen-bond donors (Lipinski definition) is 1. The molecule has 1 N–H and O–H groups in total. The van der Waals surface area contributed by atoms with Crippen LogP contribution in [0.3, 0.4) is 0 Å². The predicted octanol–water partition coefficient (Wildman–Crippen LogP) is 3.75. The van der Waals surface area contributed by atoms with Gasteiger partial charge in [0.1, 0.15) is 18.9 Å². The van der Waals surface area contributed by atoms with Crippen molar-refractivity contribution in [1.82, 2.24) is 5.32 Å². The summed E-state index contributed by atoms with van der Waals surface area (Å²) in [6, 6.07) is 17.5. The Morgan fingerprint density at radius 2 is 1.83 bits per heavy atom. The lowest BCUT2D eigenvalue weighted by atomic mass is 9.91. The minimum Gasteiger partial charge on any atom is -0.492 e. The second-order valence-electron chi connectivity index (χ2n) is 9.30. The van der Waals surface area contributed by atoms with Crippen LogP contribution in [0.4, 0.5) is 5.69 Å². The molecule has 1 fully saturated rings. The van der Waals surface area contributed by atoms with Crippen LogP contribution in [0, 0.1) is 10.8 Å². The lowest BCUT2D eigenvalue weighted by Gasteiger charge is -2.34. The van der Waals surface area contributed by atoms with Crippen molar-refractivity contribution in [2.45, 2.75) is 33.1 Å². The molecule has 2 atom stereocenters. The van der Waals surface area contributed by atoms with Crippen molar-refractivity contribution in [2.24, 2.45) is 10.8 Å². The number of hydrogen-bond acceptors (Lipinski definition) is 3. The van der Waals surface area contributed by atoms with Gasteiger partial charge in [0, 0.05) is 18.2 Å². The second kappa shape index (κ2) is 7.21. The molecule has 1 saturated carbocycles. The molecule has 0 spiro atoms. The average molecular weight is 392 g/mol. The summed E-state index contributed by atoms with van der Waals surface area (Å²) in [5.41, 5.74) is 1.40. The molecule has 4 rings (SSSR count). The van der Waals surface area contributed by atoms with Crippen LogP contribution in [0.25, 0.3) is 0 Å². The summed E-state index contributed by atoms with van der Waals surface area (Å²) in [7, 11) is 0. The molecule has 5 nitrogen and oxygen atoms in total. The van der Waals surface area contributed by atoms with Gasteiger partial charge in [-0.25, -0.2) is 0 Å². The van der Waals surface area contributed by atoms with Crippen LogP contribution in [0.5, 0.6) is 5.75 Å². The molecule has 1 aliphatic carbocycles. The fourth-order valence-electron chi connectivity index (χ4n) is 4.03.